The largest absolute Gasteiger partial charge is 0.492 e. The van der Waals surface area contributed by atoms with E-state index in [1.165, 1.54) is 12.1 Å². The SMILES string of the molecule is O=C(NCCCc1nc2ccccc2n1CCOc1ccccc1)c1ccccc1F. The molecule has 0 saturated heterocycles. The third kappa shape index (κ3) is 5.09. The van der Waals surface area contributed by atoms with Gasteiger partial charge >= 0.3 is 0 Å². The second kappa shape index (κ2) is 9.89. The lowest BCUT2D eigenvalue weighted by Crippen LogP contribution is -2.26. The van der Waals surface area contributed by atoms with Gasteiger partial charge in [0.05, 0.1) is 23.1 Å². The van der Waals surface area contributed by atoms with E-state index in [4.69, 9.17) is 9.72 Å². The van der Waals surface area contributed by atoms with E-state index >= 15 is 0 Å². The first kappa shape index (κ1) is 20.6. The molecule has 6 heteroatoms. The number of ether oxygens (including phenoxy) is 1. The van der Waals surface area contributed by atoms with Crippen molar-refractivity contribution in [2.45, 2.75) is 19.4 Å². The van der Waals surface area contributed by atoms with Crippen molar-refractivity contribution in [3.63, 3.8) is 0 Å². The second-order valence-corrected chi connectivity index (χ2v) is 7.17. The highest BCUT2D eigenvalue weighted by molar-refractivity contribution is 5.94. The Kier molecular flexibility index (Phi) is 6.57. The number of carbonyl (C=O) groups excluding carboxylic acids is 1. The maximum absolute atomic E-state index is 13.7. The van der Waals surface area contributed by atoms with Crippen LogP contribution in [0.5, 0.6) is 5.75 Å². The van der Waals surface area contributed by atoms with Crippen LogP contribution in [0.15, 0.2) is 78.9 Å². The van der Waals surface area contributed by atoms with Crippen LogP contribution in [-0.4, -0.2) is 28.6 Å². The zero-order valence-corrected chi connectivity index (χ0v) is 17.1. The number of hydrogen-bond donors (Lipinski definition) is 1. The van der Waals surface area contributed by atoms with Gasteiger partial charge in [-0.2, -0.15) is 0 Å². The van der Waals surface area contributed by atoms with Crippen LogP contribution >= 0.6 is 0 Å². The summed E-state index contributed by atoms with van der Waals surface area (Å²) in [6.07, 6.45) is 1.39. The van der Waals surface area contributed by atoms with Crippen molar-refractivity contribution < 1.29 is 13.9 Å². The van der Waals surface area contributed by atoms with Crippen molar-refractivity contribution in [3.8, 4) is 5.75 Å². The Balaban J connectivity index is 1.37. The molecule has 4 rings (SSSR count). The summed E-state index contributed by atoms with van der Waals surface area (Å²) in [7, 11) is 0. The summed E-state index contributed by atoms with van der Waals surface area (Å²) in [5, 5.41) is 2.79. The predicted molar refractivity (Wildman–Crippen MR) is 119 cm³/mol. The van der Waals surface area contributed by atoms with Gasteiger partial charge in [-0.3, -0.25) is 4.79 Å². The number of para-hydroxylation sites is 3. The summed E-state index contributed by atoms with van der Waals surface area (Å²) in [6, 6.07) is 23.7. The van der Waals surface area contributed by atoms with Crippen molar-refractivity contribution in [1.29, 1.82) is 0 Å². The molecule has 1 heterocycles. The minimum absolute atomic E-state index is 0.0628. The number of aryl methyl sites for hydroxylation is 1. The number of benzene rings is 3. The topological polar surface area (TPSA) is 56.2 Å². The molecule has 0 unspecified atom stereocenters. The fourth-order valence-corrected chi connectivity index (χ4v) is 3.53. The molecule has 0 aliphatic rings. The van der Waals surface area contributed by atoms with Crippen LogP contribution in [0, 0.1) is 5.82 Å². The van der Waals surface area contributed by atoms with Crippen LogP contribution in [0.1, 0.15) is 22.6 Å². The van der Waals surface area contributed by atoms with Crippen molar-refractivity contribution in [2.75, 3.05) is 13.2 Å². The van der Waals surface area contributed by atoms with Crippen molar-refractivity contribution in [1.82, 2.24) is 14.9 Å². The first-order valence-electron chi connectivity index (χ1n) is 10.4. The van der Waals surface area contributed by atoms with Crippen LogP contribution in [-0.2, 0) is 13.0 Å². The molecule has 4 aromatic rings. The van der Waals surface area contributed by atoms with Crippen LogP contribution in [0.2, 0.25) is 0 Å². The minimum Gasteiger partial charge on any atom is -0.492 e. The predicted octanol–water partition coefficient (Wildman–Crippen LogP) is 4.62. The summed E-state index contributed by atoms with van der Waals surface area (Å²) < 4.78 is 21.8. The van der Waals surface area contributed by atoms with Gasteiger partial charge in [0, 0.05) is 13.0 Å². The van der Waals surface area contributed by atoms with E-state index in [1.54, 1.807) is 12.1 Å². The van der Waals surface area contributed by atoms with Crippen LogP contribution < -0.4 is 10.1 Å². The van der Waals surface area contributed by atoms with Crippen LogP contribution in [0.3, 0.4) is 0 Å². The molecule has 1 N–H and O–H groups in total. The van der Waals surface area contributed by atoms with E-state index in [0.29, 0.717) is 32.5 Å². The van der Waals surface area contributed by atoms with Crippen molar-refractivity contribution in [2.24, 2.45) is 0 Å². The number of amides is 1. The zero-order chi connectivity index (χ0) is 21.5. The van der Waals surface area contributed by atoms with Gasteiger partial charge in [0.2, 0.25) is 0 Å². The fraction of sp³-hybridized carbons (Fsp3) is 0.200. The normalized spacial score (nSPS) is 10.9. The third-order valence-corrected chi connectivity index (χ3v) is 5.04. The summed E-state index contributed by atoms with van der Waals surface area (Å²) in [6.45, 7) is 1.64. The Hall–Kier alpha value is -3.67. The number of hydrogen-bond acceptors (Lipinski definition) is 3. The van der Waals surface area contributed by atoms with Crippen LogP contribution in [0.4, 0.5) is 4.39 Å². The molecule has 1 amide bonds. The van der Waals surface area contributed by atoms with Crippen molar-refractivity contribution >= 4 is 16.9 Å². The Bertz CT molecular complexity index is 1160. The molecule has 5 nitrogen and oxygen atoms in total. The minimum atomic E-state index is -0.514. The highest BCUT2D eigenvalue weighted by atomic mass is 19.1. The van der Waals surface area contributed by atoms with Gasteiger partial charge in [-0.05, 0) is 42.8 Å². The molecule has 0 aliphatic carbocycles. The second-order valence-electron chi connectivity index (χ2n) is 7.17. The maximum atomic E-state index is 13.7. The molecule has 158 valence electrons. The first-order chi connectivity index (χ1) is 15.2. The molecule has 0 aliphatic heterocycles. The average molecular weight is 417 g/mol. The highest BCUT2D eigenvalue weighted by Crippen LogP contribution is 2.18. The smallest absolute Gasteiger partial charge is 0.254 e. The lowest BCUT2D eigenvalue weighted by Gasteiger charge is -2.11. The number of nitrogens with zero attached hydrogens (tertiary/aromatic N) is 2. The molecule has 0 bridgehead atoms. The average Bonchev–Trinajstić information content (AvgIpc) is 3.15. The quantitative estimate of drug-likeness (QED) is 0.405. The fourth-order valence-electron chi connectivity index (χ4n) is 3.53. The standard InChI is InChI=1S/C25H24FN3O2/c26-21-12-5-4-11-20(21)25(30)27-16-8-15-24-28-22-13-6-7-14-23(22)29(24)17-18-31-19-9-2-1-3-10-19/h1-7,9-14H,8,15-18H2,(H,27,30). The summed E-state index contributed by atoms with van der Waals surface area (Å²) >= 11 is 0. The molecule has 31 heavy (non-hydrogen) atoms. The number of aromatic nitrogens is 2. The van der Waals surface area contributed by atoms with E-state index < -0.39 is 11.7 Å². The van der Waals surface area contributed by atoms with Gasteiger partial charge in [0.1, 0.15) is 24.0 Å². The third-order valence-electron chi connectivity index (χ3n) is 5.04. The Morgan fingerprint density at radius 3 is 2.55 bits per heavy atom. The van der Waals surface area contributed by atoms with Gasteiger partial charge in [-0.25, -0.2) is 9.37 Å². The Morgan fingerprint density at radius 2 is 1.71 bits per heavy atom. The van der Waals surface area contributed by atoms with Crippen molar-refractivity contribution in [3.05, 3.63) is 96.1 Å². The number of nitrogens with one attached hydrogen (secondary N) is 1. The molecule has 0 fully saturated rings. The molecule has 0 radical (unpaired) electrons. The lowest BCUT2D eigenvalue weighted by molar-refractivity contribution is 0.0949. The van der Waals surface area contributed by atoms with Gasteiger partial charge < -0.3 is 14.6 Å². The number of imidazole rings is 1. The molecule has 0 atom stereocenters. The van der Waals surface area contributed by atoms with E-state index in [2.05, 4.69) is 9.88 Å². The molecular weight excluding hydrogens is 393 g/mol. The Morgan fingerprint density at radius 1 is 0.968 bits per heavy atom. The van der Waals surface area contributed by atoms with Gasteiger partial charge in [0.15, 0.2) is 0 Å². The number of carbonyl (C=O) groups is 1. The van der Waals surface area contributed by atoms with Crippen LogP contribution in [0.25, 0.3) is 11.0 Å². The summed E-state index contributed by atoms with van der Waals surface area (Å²) in [5.74, 6) is 0.866. The van der Waals surface area contributed by atoms with E-state index in [1.807, 2.05) is 54.6 Å². The highest BCUT2D eigenvalue weighted by Gasteiger charge is 2.12. The van der Waals surface area contributed by atoms with Gasteiger partial charge in [0.25, 0.3) is 5.91 Å². The van der Waals surface area contributed by atoms with E-state index in [-0.39, 0.29) is 5.56 Å². The number of rotatable bonds is 9. The summed E-state index contributed by atoms with van der Waals surface area (Å²) in [4.78, 5) is 16.9. The molecule has 0 spiro atoms. The number of fused-ring (bicyclic) bond motifs is 1. The van der Waals surface area contributed by atoms with Gasteiger partial charge in [-0.1, -0.05) is 42.5 Å². The maximum Gasteiger partial charge on any atom is 0.254 e. The first-order valence-corrected chi connectivity index (χ1v) is 10.4. The van der Waals surface area contributed by atoms with E-state index in [9.17, 15) is 9.18 Å². The number of halogens is 1. The molecular formula is C25H24FN3O2. The Labute approximate surface area is 180 Å². The summed E-state index contributed by atoms with van der Waals surface area (Å²) in [5.41, 5.74) is 2.06. The zero-order valence-electron chi connectivity index (χ0n) is 17.1. The van der Waals surface area contributed by atoms with Gasteiger partial charge in [-0.15, -0.1) is 0 Å². The molecule has 0 saturated carbocycles. The molecule has 1 aromatic heterocycles. The molecule has 3 aromatic carbocycles. The lowest BCUT2D eigenvalue weighted by atomic mass is 10.2. The van der Waals surface area contributed by atoms with E-state index in [0.717, 1.165) is 22.6 Å². The monoisotopic (exact) mass is 417 g/mol.